The van der Waals surface area contributed by atoms with Crippen molar-refractivity contribution in [1.82, 2.24) is 4.90 Å². The molecular formula is C29H30FNO3S. The van der Waals surface area contributed by atoms with Gasteiger partial charge in [-0.2, -0.15) is 0 Å². The highest BCUT2D eigenvalue weighted by atomic mass is 32.2. The summed E-state index contributed by atoms with van der Waals surface area (Å²) in [6, 6.07) is 16.9. The minimum absolute atomic E-state index is 0.225. The van der Waals surface area contributed by atoms with Gasteiger partial charge in [0.1, 0.15) is 5.82 Å². The second-order valence-corrected chi connectivity index (χ2v) is 11.7. The Bertz CT molecular complexity index is 1410. The summed E-state index contributed by atoms with van der Waals surface area (Å²) in [6.07, 6.45) is 3.29. The van der Waals surface area contributed by atoms with Crippen LogP contribution in [0.25, 0.3) is 16.8 Å². The van der Waals surface area contributed by atoms with E-state index in [-0.39, 0.29) is 10.7 Å². The zero-order valence-electron chi connectivity index (χ0n) is 20.2. The number of benzene rings is 3. The van der Waals surface area contributed by atoms with E-state index < -0.39 is 9.84 Å². The predicted molar refractivity (Wildman–Crippen MR) is 137 cm³/mol. The van der Waals surface area contributed by atoms with Crippen LogP contribution < -0.4 is 0 Å². The summed E-state index contributed by atoms with van der Waals surface area (Å²) in [7, 11) is -3.41. The largest absolute Gasteiger partial charge is 0.381 e. The SMILES string of the molecule is C=C(c1cc(S(C)(=O)=O)ccc1-c1ccc(C)c(F)c1)N1Cc2ccc(C3CCOCC3)cc2C1. The van der Waals surface area contributed by atoms with Crippen molar-refractivity contribution in [1.29, 1.82) is 0 Å². The van der Waals surface area contributed by atoms with Gasteiger partial charge in [-0.1, -0.05) is 43.0 Å². The molecule has 0 atom stereocenters. The van der Waals surface area contributed by atoms with Crippen LogP contribution in [0.4, 0.5) is 4.39 Å². The molecule has 0 unspecified atom stereocenters. The lowest BCUT2D eigenvalue weighted by Crippen LogP contribution is -2.15. The van der Waals surface area contributed by atoms with Gasteiger partial charge in [0.15, 0.2) is 9.84 Å². The third kappa shape index (κ3) is 4.78. The minimum Gasteiger partial charge on any atom is -0.381 e. The van der Waals surface area contributed by atoms with Crippen LogP contribution in [0.1, 0.15) is 46.6 Å². The fourth-order valence-electron chi connectivity index (χ4n) is 5.07. The first-order chi connectivity index (χ1) is 16.7. The van der Waals surface area contributed by atoms with Crippen molar-refractivity contribution in [3.05, 3.63) is 94.8 Å². The Morgan fingerprint density at radius 2 is 1.74 bits per heavy atom. The summed E-state index contributed by atoms with van der Waals surface area (Å²) in [6.45, 7) is 9.12. The second kappa shape index (κ2) is 9.25. The van der Waals surface area contributed by atoms with Crippen molar-refractivity contribution in [2.75, 3.05) is 19.5 Å². The average Bonchev–Trinajstić information content (AvgIpc) is 3.28. The Balaban J connectivity index is 1.49. The third-order valence-electron chi connectivity index (χ3n) is 7.24. The van der Waals surface area contributed by atoms with Gasteiger partial charge in [-0.25, -0.2) is 12.8 Å². The van der Waals surface area contributed by atoms with Crippen molar-refractivity contribution in [3.63, 3.8) is 0 Å². The first-order valence-electron chi connectivity index (χ1n) is 11.9. The van der Waals surface area contributed by atoms with Crippen LogP contribution in [0.5, 0.6) is 0 Å². The first-order valence-corrected chi connectivity index (χ1v) is 13.8. The summed E-state index contributed by atoms with van der Waals surface area (Å²) in [5, 5.41) is 0. The zero-order valence-corrected chi connectivity index (χ0v) is 21.0. The summed E-state index contributed by atoms with van der Waals surface area (Å²) >= 11 is 0. The van der Waals surface area contributed by atoms with E-state index in [4.69, 9.17) is 4.74 Å². The standard InChI is InChI=1S/C29H30FNO3S/c1-19-4-5-23(15-29(19)30)27-9-8-26(35(3,32)33)16-28(27)20(2)31-17-24-7-6-22(14-25(24)18-31)21-10-12-34-13-11-21/h4-9,14-16,21H,2,10-13,17-18H2,1,3H3. The van der Waals surface area contributed by atoms with Gasteiger partial charge in [-0.15, -0.1) is 0 Å². The van der Waals surface area contributed by atoms with Gasteiger partial charge in [0, 0.05) is 43.8 Å². The monoisotopic (exact) mass is 491 g/mol. The van der Waals surface area contributed by atoms with Crippen LogP contribution in [0.3, 0.4) is 0 Å². The maximum absolute atomic E-state index is 14.4. The summed E-state index contributed by atoms with van der Waals surface area (Å²) in [5.74, 6) is 0.237. The molecule has 0 bridgehead atoms. The van der Waals surface area contributed by atoms with Crippen molar-refractivity contribution >= 4 is 15.5 Å². The lowest BCUT2D eigenvalue weighted by atomic mass is 9.90. The number of hydrogen-bond donors (Lipinski definition) is 0. The fourth-order valence-corrected chi connectivity index (χ4v) is 5.71. The predicted octanol–water partition coefficient (Wildman–Crippen LogP) is 6.09. The number of aryl methyl sites for hydroxylation is 1. The molecule has 0 N–H and O–H groups in total. The Hall–Kier alpha value is -2.96. The Morgan fingerprint density at radius 3 is 2.46 bits per heavy atom. The Labute approximate surface area is 207 Å². The van der Waals surface area contributed by atoms with E-state index in [2.05, 4.69) is 29.7 Å². The number of halogens is 1. The highest BCUT2D eigenvalue weighted by molar-refractivity contribution is 7.90. The van der Waals surface area contributed by atoms with Gasteiger partial charge in [0.05, 0.1) is 4.90 Å². The molecule has 2 aliphatic heterocycles. The number of fused-ring (bicyclic) bond motifs is 1. The number of rotatable bonds is 5. The molecule has 182 valence electrons. The van der Waals surface area contributed by atoms with Gasteiger partial charge in [0.2, 0.25) is 0 Å². The lowest BCUT2D eigenvalue weighted by Gasteiger charge is -2.24. The molecule has 5 rings (SSSR count). The number of ether oxygens (including phenoxy) is 1. The van der Waals surface area contributed by atoms with Gasteiger partial charge in [-0.05, 0) is 77.3 Å². The van der Waals surface area contributed by atoms with Crippen LogP contribution in [-0.2, 0) is 27.7 Å². The van der Waals surface area contributed by atoms with Gasteiger partial charge >= 0.3 is 0 Å². The van der Waals surface area contributed by atoms with Crippen LogP contribution in [-0.4, -0.2) is 32.8 Å². The molecule has 0 saturated carbocycles. The van der Waals surface area contributed by atoms with Crippen molar-refractivity contribution in [2.24, 2.45) is 0 Å². The molecule has 6 heteroatoms. The molecule has 0 aliphatic carbocycles. The van der Waals surface area contributed by atoms with E-state index >= 15 is 0 Å². The van der Waals surface area contributed by atoms with E-state index in [1.54, 1.807) is 31.2 Å². The topological polar surface area (TPSA) is 46.6 Å². The van der Waals surface area contributed by atoms with E-state index in [0.717, 1.165) is 37.3 Å². The number of nitrogens with zero attached hydrogens (tertiary/aromatic N) is 1. The average molecular weight is 492 g/mol. The molecule has 1 fully saturated rings. The third-order valence-corrected chi connectivity index (χ3v) is 8.35. The van der Waals surface area contributed by atoms with Crippen molar-refractivity contribution in [3.8, 4) is 11.1 Å². The van der Waals surface area contributed by atoms with Crippen LogP contribution in [0.15, 0.2) is 66.1 Å². The van der Waals surface area contributed by atoms with E-state index in [0.29, 0.717) is 35.7 Å². The number of hydrogen-bond acceptors (Lipinski definition) is 4. The molecule has 1 saturated heterocycles. The molecule has 0 spiro atoms. The normalized spacial score (nSPS) is 16.4. The van der Waals surface area contributed by atoms with E-state index in [9.17, 15) is 12.8 Å². The van der Waals surface area contributed by atoms with Gasteiger partial charge < -0.3 is 9.64 Å². The lowest BCUT2D eigenvalue weighted by molar-refractivity contribution is 0.0853. The quantitative estimate of drug-likeness (QED) is 0.434. The van der Waals surface area contributed by atoms with Gasteiger partial charge in [-0.3, -0.25) is 0 Å². The Morgan fingerprint density at radius 1 is 1.00 bits per heavy atom. The van der Waals surface area contributed by atoms with Crippen LogP contribution in [0.2, 0.25) is 0 Å². The minimum atomic E-state index is -3.41. The molecule has 3 aromatic rings. The smallest absolute Gasteiger partial charge is 0.175 e. The molecule has 2 heterocycles. The molecule has 0 aromatic heterocycles. The zero-order chi connectivity index (χ0) is 24.7. The van der Waals surface area contributed by atoms with Gasteiger partial charge in [0.25, 0.3) is 0 Å². The maximum Gasteiger partial charge on any atom is 0.175 e. The number of sulfone groups is 1. The van der Waals surface area contributed by atoms with Crippen molar-refractivity contribution < 1.29 is 17.5 Å². The fraction of sp³-hybridized carbons (Fsp3) is 0.310. The molecule has 35 heavy (non-hydrogen) atoms. The molecule has 3 aromatic carbocycles. The molecule has 4 nitrogen and oxygen atoms in total. The summed E-state index contributed by atoms with van der Waals surface area (Å²) in [4.78, 5) is 2.40. The highest BCUT2D eigenvalue weighted by Crippen LogP contribution is 2.38. The van der Waals surface area contributed by atoms with Crippen molar-refractivity contribution in [2.45, 2.75) is 43.7 Å². The first kappa shape index (κ1) is 23.8. The van der Waals surface area contributed by atoms with E-state index in [1.807, 2.05) is 6.07 Å². The van der Waals surface area contributed by atoms with Crippen LogP contribution in [0, 0.1) is 12.7 Å². The molecule has 2 aliphatic rings. The Kier molecular flexibility index (Phi) is 6.28. The maximum atomic E-state index is 14.4. The summed E-state index contributed by atoms with van der Waals surface area (Å²) < 4.78 is 44.6. The summed E-state index contributed by atoms with van der Waals surface area (Å²) in [5.41, 5.74) is 7.35. The van der Waals surface area contributed by atoms with Crippen LogP contribution >= 0.6 is 0 Å². The highest BCUT2D eigenvalue weighted by Gasteiger charge is 2.25. The molecule has 0 amide bonds. The van der Waals surface area contributed by atoms with E-state index in [1.165, 1.54) is 29.0 Å². The second-order valence-electron chi connectivity index (χ2n) is 9.66. The molecular weight excluding hydrogens is 461 g/mol. The molecule has 0 radical (unpaired) electrons.